The van der Waals surface area contributed by atoms with E-state index in [1.165, 1.54) is 16.7 Å². The number of nitrogens with one attached hydrogen (secondary N) is 1. The summed E-state index contributed by atoms with van der Waals surface area (Å²) in [5, 5.41) is 3.53. The van der Waals surface area contributed by atoms with E-state index in [4.69, 9.17) is 4.74 Å². The van der Waals surface area contributed by atoms with Gasteiger partial charge < -0.3 is 34.9 Å². The van der Waals surface area contributed by atoms with Crippen LogP contribution >= 0.6 is 0 Å². The van der Waals surface area contributed by atoms with Gasteiger partial charge in [0.1, 0.15) is 0 Å². The summed E-state index contributed by atoms with van der Waals surface area (Å²) in [5.74, 6) is 0. The van der Waals surface area contributed by atoms with Gasteiger partial charge in [0.15, 0.2) is 0 Å². The number of nitrogens with zero attached hydrogens (tertiary/aromatic N) is 1. The van der Waals surface area contributed by atoms with Crippen LogP contribution in [0.4, 0.5) is 0 Å². The summed E-state index contributed by atoms with van der Waals surface area (Å²) in [5.41, 5.74) is 3.88. The number of ether oxygens (including phenoxy) is 1. The predicted molar refractivity (Wildman–Crippen MR) is 90.8 cm³/mol. The molecule has 3 nitrogen and oxygen atoms in total. The number of benzene rings is 2. The molecule has 0 radical (unpaired) electrons. The van der Waals surface area contributed by atoms with Crippen molar-refractivity contribution in [1.29, 1.82) is 0 Å². The Morgan fingerprint density at radius 3 is 2.12 bits per heavy atom. The zero-order valence-electron chi connectivity index (χ0n) is 13.8. The quantitative estimate of drug-likeness (QED) is 0.544. The Kier molecular flexibility index (Phi) is 9.99. The molecule has 1 fully saturated rings. The lowest BCUT2D eigenvalue weighted by atomic mass is 10.0. The van der Waals surface area contributed by atoms with Gasteiger partial charge in [0.25, 0.3) is 0 Å². The second-order valence-electron chi connectivity index (χ2n) is 5.69. The molecule has 2 aromatic rings. The molecule has 1 aliphatic rings. The van der Waals surface area contributed by atoms with E-state index in [1.54, 1.807) is 0 Å². The first-order valence-electron chi connectivity index (χ1n) is 8.07. The highest BCUT2D eigenvalue weighted by Crippen LogP contribution is 2.19. The first-order valence-corrected chi connectivity index (χ1v) is 8.07. The molecule has 0 atom stereocenters. The van der Waals surface area contributed by atoms with Gasteiger partial charge in [0.05, 0.1) is 13.2 Å². The van der Waals surface area contributed by atoms with Crippen LogP contribution in [-0.4, -0.2) is 44.3 Å². The van der Waals surface area contributed by atoms with E-state index in [1.807, 2.05) is 0 Å². The van der Waals surface area contributed by atoms with Crippen molar-refractivity contribution in [3.63, 3.8) is 0 Å². The second-order valence-corrected chi connectivity index (χ2v) is 5.69. The van der Waals surface area contributed by atoms with Crippen molar-refractivity contribution >= 4 is 0 Å². The van der Waals surface area contributed by atoms with Crippen LogP contribution in [0.3, 0.4) is 0 Å². The van der Waals surface area contributed by atoms with E-state index < -0.39 is 0 Å². The minimum atomic E-state index is 0. The number of morpholine rings is 1. The molecule has 1 heterocycles. The summed E-state index contributed by atoms with van der Waals surface area (Å²) < 4.78 is 5.36. The minimum Gasteiger partial charge on any atom is -1.00 e. The maximum atomic E-state index is 5.36. The molecular weight excluding hydrogens is 343 g/mol. The third-order valence-corrected chi connectivity index (χ3v) is 4.10. The third-order valence-electron chi connectivity index (χ3n) is 4.10. The Hall–Kier alpha value is -1.10. The average molecular weight is 367 g/mol. The Bertz CT molecular complexity index is 557. The highest BCUT2D eigenvalue weighted by atomic mass is 35.5. The molecule has 0 aliphatic carbocycles. The normalized spacial score (nSPS) is 14.5. The van der Waals surface area contributed by atoms with Crippen LogP contribution in [0.15, 0.2) is 54.6 Å². The summed E-state index contributed by atoms with van der Waals surface area (Å²) >= 11 is 0. The van der Waals surface area contributed by atoms with E-state index in [0.717, 1.165) is 45.9 Å². The molecule has 0 aromatic heterocycles. The molecule has 0 bridgehead atoms. The zero-order valence-corrected chi connectivity index (χ0v) is 15.3. The standard InChI is InChI=1S/C19H24N2O.2ClH/c1-2-4-18(5-3-1)19-8-6-17(7-9-19)16-20-10-11-21-12-14-22-15-13-21;;/h1-9,20H,10-16H2;2*1H/p-2. The lowest BCUT2D eigenvalue weighted by molar-refractivity contribution is -0.00100. The van der Waals surface area contributed by atoms with Crippen molar-refractivity contribution in [3.05, 3.63) is 60.2 Å². The Balaban J connectivity index is 0.00000144. The van der Waals surface area contributed by atoms with E-state index in [2.05, 4.69) is 64.8 Å². The lowest BCUT2D eigenvalue weighted by Gasteiger charge is -2.26. The maximum absolute atomic E-state index is 5.36. The van der Waals surface area contributed by atoms with Gasteiger partial charge in [0, 0.05) is 32.7 Å². The second kappa shape index (κ2) is 11.5. The van der Waals surface area contributed by atoms with Crippen molar-refractivity contribution < 1.29 is 29.6 Å². The van der Waals surface area contributed by atoms with Crippen molar-refractivity contribution in [2.24, 2.45) is 0 Å². The maximum Gasteiger partial charge on any atom is 0.0594 e. The monoisotopic (exact) mass is 366 g/mol. The first-order chi connectivity index (χ1) is 10.9. The molecule has 0 saturated carbocycles. The van der Waals surface area contributed by atoms with Gasteiger partial charge in [-0.15, -0.1) is 0 Å². The molecule has 0 unspecified atom stereocenters. The van der Waals surface area contributed by atoms with Crippen LogP contribution < -0.4 is 30.1 Å². The molecule has 1 aliphatic heterocycles. The third kappa shape index (κ3) is 6.42. The SMILES string of the molecule is [Cl-].[Cl-].c1ccc(-c2ccc(CNCCN3CCOCC3)cc2)cc1. The highest BCUT2D eigenvalue weighted by Gasteiger charge is 2.08. The summed E-state index contributed by atoms with van der Waals surface area (Å²) in [6.45, 7) is 6.94. The molecule has 1 saturated heterocycles. The molecule has 3 rings (SSSR count). The fourth-order valence-electron chi connectivity index (χ4n) is 2.74. The number of hydrogen-bond acceptors (Lipinski definition) is 3. The summed E-state index contributed by atoms with van der Waals surface area (Å²) in [7, 11) is 0. The van der Waals surface area contributed by atoms with Crippen LogP contribution in [0.25, 0.3) is 11.1 Å². The van der Waals surface area contributed by atoms with Crippen LogP contribution in [0.2, 0.25) is 0 Å². The van der Waals surface area contributed by atoms with E-state index in [9.17, 15) is 0 Å². The molecule has 5 heteroatoms. The lowest BCUT2D eigenvalue weighted by Crippen LogP contribution is -3.00. The van der Waals surface area contributed by atoms with Gasteiger partial charge in [-0.05, 0) is 16.7 Å². The number of hydrogen-bond donors (Lipinski definition) is 1. The first kappa shape index (κ1) is 20.9. The molecule has 0 spiro atoms. The van der Waals surface area contributed by atoms with E-state index in [-0.39, 0.29) is 24.8 Å². The van der Waals surface area contributed by atoms with E-state index >= 15 is 0 Å². The fraction of sp³-hybridized carbons (Fsp3) is 0.368. The van der Waals surface area contributed by atoms with Crippen molar-refractivity contribution in [1.82, 2.24) is 10.2 Å². The van der Waals surface area contributed by atoms with Gasteiger partial charge in [-0.25, -0.2) is 0 Å². The van der Waals surface area contributed by atoms with Crippen LogP contribution in [0.5, 0.6) is 0 Å². The zero-order chi connectivity index (χ0) is 15.0. The number of halogens is 2. The molecule has 2 aromatic carbocycles. The molecule has 132 valence electrons. The van der Waals surface area contributed by atoms with Gasteiger partial charge in [0.2, 0.25) is 0 Å². The molecule has 1 N–H and O–H groups in total. The van der Waals surface area contributed by atoms with E-state index in [0.29, 0.717) is 0 Å². The van der Waals surface area contributed by atoms with Gasteiger partial charge >= 0.3 is 0 Å². The summed E-state index contributed by atoms with van der Waals surface area (Å²) in [6.07, 6.45) is 0. The van der Waals surface area contributed by atoms with Gasteiger partial charge in [-0.3, -0.25) is 4.90 Å². The Morgan fingerprint density at radius 1 is 0.833 bits per heavy atom. The Labute approximate surface area is 157 Å². The average Bonchev–Trinajstić information content (AvgIpc) is 2.61. The summed E-state index contributed by atoms with van der Waals surface area (Å²) in [6, 6.07) is 19.3. The van der Waals surface area contributed by atoms with Gasteiger partial charge in [-0.2, -0.15) is 0 Å². The van der Waals surface area contributed by atoms with Crippen molar-refractivity contribution in [2.45, 2.75) is 6.54 Å². The van der Waals surface area contributed by atoms with Gasteiger partial charge in [-0.1, -0.05) is 54.6 Å². The largest absolute Gasteiger partial charge is 1.00 e. The van der Waals surface area contributed by atoms with Crippen LogP contribution in [0, 0.1) is 0 Å². The smallest absolute Gasteiger partial charge is 0.0594 e. The number of rotatable bonds is 6. The predicted octanol–water partition coefficient (Wildman–Crippen LogP) is -3.22. The van der Waals surface area contributed by atoms with Crippen LogP contribution in [0.1, 0.15) is 5.56 Å². The highest BCUT2D eigenvalue weighted by molar-refractivity contribution is 5.63. The molecule has 24 heavy (non-hydrogen) atoms. The molecular formula is C19H24Cl2N2O-2. The summed E-state index contributed by atoms with van der Waals surface area (Å²) in [4.78, 5) is 2.45. The Morgan fingerprint density at radius 2 is 1.46 bits per heavy atom. The van der Waals surface area contributed by atoms with Crippen molar-refractivity contribution in [3.8, 4) is 11.1 Å². The minimum absolute atomic E-state index is 0. The van der Waals surface area contributed by atoms with Crippen molar-refractivity contribution in [2.75, 3.05) is 39.4 Å². The van der Waals surface area contributed by atoms with Crippen LogP contribution in [-0.2, 0) is 11.3 Å². The molecule has 0 amide bonds. The fourth-order valence-corrected chi connectivity index (χ4v) is 2.74. The topological polar surface area (TPSA) is 24.5 Å².